The van der Waals surface area contributed by atoms with Gasteiger partial charge in [-0.05, 0) is 58.4 Å². The summed E-state index contributed by atoms with van der Waals surface area (Å²) in [5, 5.41) is 3.11. The monoisotopic (exact) mass is 327 g/mol. The van der Waals surface area contributed by atoms with Gasteiger partial charge in [0.25, 0.3) is 5.91 Å². The molecule has 2 nitrogen and oxygen atoms in total. The van der Waals surface area contributed by atoms with Crippen LogP contribution in [-0.4, -0.2) is 5.91 Å². The predicted octanol–water partition coefficient (Wildman–Crippen LogP) is 4.49. The van der Waals surface area contributed by atoms with Gasteiger partial charge in [0.2, 0.25) is 0 Å². The van der Waals surface area contributed by atoms with Crippen molar-refractivity contribution < 1.29 is 9.18 Å². The molecule has 18 heavy (non-hydrogen) atoms. The fourth-order valence-corrected chi connectivity index (χ4v) is 1.80. The van der Waals surface area contributed by atoms with Crippen molar-refractivity contribution in [1.82, 2.24) is 0 Å². The quantitative estimate of drug-likeness (QED) is 0.864. The van der Waals surface area contributed by atoms with Gasteiger partial charge in [0.05, 0.1) is 5.02 Å². The van der Waals surface area contributed by atoms with Crippen LogP contribution in [0.15, 0.2) is 46.9 Å². The summed E-state index contributed by atoms with van der Waals surface area (Å²) in [6.45, 7) is 0. The highest BCUT2D eigenvalue weighted by Crippen LogP contribution is 2.23. The van der Waals surface area contributed by atoms with Crippen molar-refractivity contribution in [2.24, 2.45) is 0 Å². The van der Waals surface area contributed by atoms with Crippen molar-refractivity contribution in [2.75, 3.05) is 5.32 Å². The van der Waals surface area contributed by atoms with Crippen LogP contribution in [0.1, 0.15) is 10.4 Å². The van der Waals surface area contributed by atoms with Crippen molar-refractivity contribution >= 4 is 39.1 Å². The van der Waals surface area contributed by atoms with Crippen molar-refractivity contribution in [2.45, 2.75) is 0 Å². The first-order chi connectivity index (χ1) is 8.56. The number of rotatable bonds is 2. The van der Waals surface area contributed by atoms with Gasteiger partial charge in [0, 0.05) is 15.7 Å². The third-order valence-electron chi connectivity index (χ3n) is 2.28. The van der Waals surface area contributed by atoms with E-state index in [1.165, 1.54) is 24.3 Å². The SMILES string of the molecule is O=C(Nc1ccc(F)cc1)c1ccc(Br)c(Cl)c1. The summed E-state index contributed by atoms with van der Waals surface area (Å²) in [5.74, 6) is -0.643. The van der Waals surface area contributed by atoms with Crippen LogP contribution >= 0.6 is 27.5 Å². The van der Waals surface area contributed by atoms with Crippen LogP contribution in [0.3, 0.4) is 0 Å². The molecule has 0 saturated heterocycles. The van der Waals surface area contributed by atoms with E-state index in [0.29, 0.717) is 16.3 Å². The van der Waals surface area contributed by atoms with Gasteiger partial charge in [0.15, 0.2) is 0 Å². The number of hydrogen-bond donors (Lipinski definition) is 1. The Kier molecular flexibility index (Phi) is 3.99. The molecule has 0 aromatic heterocycles. The molecule has 2 aromatic carbocycles. The molecule has 0 atom stereocenters. The van der Waals surface area contributed by atoms with Crippen LogP contribution < -0.4 is 5.32 Å². The summed E-state index contributed by atoms with van der Waals surface area (Å²) < 4.78 is 13.4. The van der Waals surface area contributed by atoms with E-state index in [4.69, 9.17) is 11.6 Å². The fraction of sp³-hybridized carbons (Fsp3) is 0. The molecule has 0 saturated carbocycles. The Labute approximate surface area is 117 Å². The Bertz CT molecular complexity index is 586. The number of halogens is 3. The second-order valence-electron chi connectivity index (χ2n) is 3.59. The second-order valence-corrected chi connectivity index (χ2v) is 4.85. The lowest BCUT2D eigenvalue weighted by atomic mass is 10.2. The van der Waals surface area contributed by atoms with E-state index in [1.807, 2.05) is 0 Å². The molecule has 92 valence electrons. The predicted molar refractivity (Wildman–Crippen MR) is 73.5 cm³/mol. The second kappa shape index (κ2) is 5.50. The molecule has 0 heterocycles. The Morgan fingerprint density at radius 1 is 1.17 bits per heavy atom. The maximum atomic E-state index is 12.7. The molecular formula is C13H8BrClFNO. The van der Waals surface area contributed by atoms with Crippen LogP contribution in [0, 0.1) is 5.82 Å². The Hall–Kier alpha value is -1.39. The normalized spacial score (nSPS) is 10.2. The zero-order valence-electron chi connectivity index (χ0n) is 9.08. The summed E-state index contributed by atoms with van der Waals surface area (Å²) in [5.41, 5.74) is 0.966. The minimum Gasteiger partial charge on any atom is -0.322 e. The maximum absolute atomic E-state index is 12.7. The highest BCUT2D eigenvalue weighted by molar-refractivity contribution is 9.10. The molecule has 5 heteroatoms. The molecule has 1 N–H and O–H groups in total. The Balaban J connectivity index is 2.16. The third-order valence-corrected chi connectivity index (χ3v) is 3.52. The van der Waals surface area contributed by atoms with Gasteiger partial charge in [-0.3, -0.25) is 4.79 Å². The van der Waals surface area contributed by atoms with Gasteiger partial charge < -0.3 is 5.32 Å². The first kappa shape index (κ1) is 13.1. The van der Waals surface area contributed by atoms with Crippen LogP contribution in [0.2, 0.25) is 5.02 Å². The van der Waals surface area contributed by atoms with Crippen molar-refractivity contribution in [3.05, 3.63) is 63.3 Å². The molecule has 0 aliphatic heterocycles. The summed E-state index contributed by atoms with van der Waals surface area (Å²) in [7, 11) is 0. The molecule has 0 spiro atoms. The van der Waals surface area contributed by atoms with Crippen molar-refractivity contribution in [3.8, 4) is 0 Å². The molecule has 0 aliphatic rings. The average Bonchev–Trinajstić information content (AvgIpc) is 2.35. The summed E-state index contributed by atoms with van der Waals surface area (Å²) >= 11 is 9.15. The number of nitrogens with one attached hydrogen (secondary N) is 1. The largest absolute Gasteiger partial charge is 0.322 e. The van der Waals surface area contributed by atoms with Gasteiger partial charge in [-0.2, -0.15) is 0 Å². The number of carbonyl (C=O) groups is 1. The maximum Gasteiger partial charge on any atom is 0.255 e. The molecule has 0 radical (unpaired) electrons. The standard InChI is InChI=1S/C13H8BrClFNO/c14-11-6-1-8(7-12(11)15)13(18)17-10-4-2-9(16)3-5-10/h1-7H,(H,17,18). The van der Waals surface area contributed by atoms with Gasteiger partial charge in [0.1, 0.15) is 5.82 Å². The number of anilines is 1. The summed E-state index contributed by atoms with van der Waals surface area (Å²) in [6.07, 6.45) is 0. The van der Waals surface area contributed by atoms with E-state index in [2.05, 4.69) is 21.2 Å². The molecular weight excluding hydrogens is 321 g/mol. The van der Waals surface area contributed by atoms with Gasteiger partial charge in [-0.15, -0.1) is 0 Å². The van der Waals surface area contributed by atoms with E-state index < -0.39 is 0 Å². The van der Waals surface area contributed by atoms with Gasteiger partial charge in [-0.1, -0.05) is 11.6 Å². The van der Waals surface area contributed by atoms with Crippen molar-refractivity contribution in [3.63, 3.8) is 0 Å². The van der Waals surface area contributed by atoms with E-state index >= 15 is 0 Å². The van der Waals surface area contributed by atoms with Crippen LogP contribution in [0.4, 0.5) is 10.1 Å². The first-order valence-corrected chi connectivity index (χ1v) is 6.25. The number of hydrogen-bond acceptors (Lipinski definition) is 1. The lowest BCUT2D eigenvalue weighted by Gasteiger charge is -2.06. The Morgan fingerprint density at radius 3 is 2.44 bits per heavy atom. The molecule has 2 rings (SSSR count). The minimum atomic E-state index is -0.348. The highest BCUT2D eigenvalue weighted by atomic mass is 79.9. The number of benzene rings is 2. The molecule has 0 fully saturated rings. The lowest BCUT2D eigenvalue weighted by Crippen LogP contribution is -2.11. The molecule has 2 aromatic rings. The number of carbonyl (C=O) groups excluding carboxylic acids is 1. The van der Waals surface area contributed by atoms with Crippen LogP contribution in [0.5, 0.6) is 0 Å². The topological polar surface area (TPSA) is 29.1 Å². The molecule has 0 aliphatic carbocycles. The summed E-state index contributed by atoms with van der Waals surface area (Å²) in [6, 6.07) is 10.5. The summed E-state index contributed by atoms with van der Waals surface area (Å²) in [4.78, 5) is 11.9. The van der Waals surface area contributed by atoms with E-state index in [9.17, 15) is 9.18 Å². The van der Waals surface area contributed by atoms with Crippen LogP contribution in [0.25, 0.3) is 0 Å². The van der Waals surface area contributed by atoms with Crippen LogP contribution in [-0.2, 0) is 0 Å². The van der Waals surface area contributed by atoms with E-state index in [1.54, 1.807) is 18.2 Å². The average molecular weight is 329 g/mol. The van der Waals surface area contributed by atoms with Crippen molar-refractivity contribution in [1.29, 1.82) is 0 Å². The lowest BCUT2D eigenvalue weighted by molar-refractivity contribution is 0.102. The van der Waals surface area contributed by atoms with Gasteiger partial charge >= 0.3 is 0 Å². The Morgan fingerprint density at radius 2 is 1.83 bits per heavy atom. The molecule has 0 bridgehead atoms. The highest BCUT2D eigenvalue weighted by Gasteiger charge is 2.08. The first-order valence-electron chi connectivity index (χ1n) is 5.08. The zero-order chi connectivity index (χ0) is 13.1. The zero-order valence-corrected chi connectivity index (χ0v) is 11.4. The molecule has 0 unspecified atom stereocenters. The smallest absolute Gasteiger partial charge is 0.255 e. The van der Waals surface area contributed by atoms with E-state index in [-0.39, 0.29) is 11.7 Å². The fourth-order valence-electron chi connectivity index (χ4n) is 1.37. The minimum absolute atomic E-state index is 0.295. The third kappa shape index (κ3) is 3.09. The van der Waals surface area contributed by atoms with Gasteiger partial charge in [-0.25, -0.2) is 4.39 Å². The van der Waals surface area contributed by atoms with E-state index in [0.717, 1.165) is 4.47 Å². The molecule has 1 amide bonds. The number of amides is 1.